The number of esters is 1. The quantitative estimate of drug-likeness (QED) is 0.666. The molecule has 1 amide bonds. The van der Waals surface area contributed by atoms with Gasteiger partial charge in [-0.2, -0.15) is 0 Å². The van der Waals surface area contributed by atoms with Crippen LogP contribution in [-0.4, -0.2) is 30.4 Å². The van der Waals surface area contributed by atoms with Gasteiger partial charge in [-0.3, -0.25) is 9.59 Å². The molecule has 0 heterocycles. The monoisotopic (exact) mass is 313 g/mol. The fourth-order valence-electron chi connectivity index (χ4n) is 1.45. The topological polar surface area (TPSA) is 55.4 Å². The Kier molecular flexibility index (Phi) is 5.85. The van der Waals surface area contributed by atoms with Crippen LogP contribution >= 0.6 is 15.9 Å². The van der Waals surface area contributed by atoms with Crippen LogP contribution in [0, 0.1) is 0 Å². The highest BCUT2D eigenvalue weighted by Gasteiger charge is 2.19. The van der Waals surface area contributed by atoms with E-state index in [-0.39, 0.29) is 18.4 Å². The number of hydrogen-bond donors (Lipinski definition) is 1. The molecule has 4 nitrogen and oxygen atoms in total. The average molecular weight is 314 g/mol. The molecule has 0 bridgehead atoms. The van der Waals surface area contributed by atoms with Gasteiger partial charge in [0.1, 0.15) is 4.83 Å². The van der Waals surface area contributed by atoms with Crippen LogP contribution in [0.4, 0.5) is 0 Å². The average Bonchev–Trinajstić information content (AvgIpc) is 2.43. The number of hydrogen-bond acceptors (Lipinski definition) is 3. The number of rotatable bonds is 5. The first-order valence-corrected chi connectivity index (χ1v) is 6.52. The third kappa shape index (κ3) is 4.14. The van der Waals surface area contributed by atoms with Crippen molar-refractivity contribution >= 4 is 27.8 Å². The van der Waals surface area contributed by atoms with Crippen molar-refractivity contribution in [2.45, 2.75) is 17.7 Å². The van der Waals surface area contributed by atoms with Gasteiger partial charge in [0.15, 0.2) is 0 Å². The Hall–Kier alpha value is -1.36. The second-order valence-electron chi connectivity index (χ2n) is 3.87. The molecular formula is C13H16BrNO3. The molecule has 5 heteroatoms. The molecule has 2 atom stereocenters. The molecule has 0 radical (unpaired) electrons. The van der Waals surface area contributed by atoms with E-state index in [1.807, 2.05) is 37.3 Å². The molecule has 1 N–H and O–H groups in total. The van der Waals surface area contributed by atoms with Crippen LogP contribution in [0.2, 0.25) is 0 Å². The van der Waals surface area contributed by atoms with Crippen molar-refractivity contribution in [1.82, 2.24) is 5.32 Å². The lowest BCUT2D eigenvalue weighted by molar-refractivity contribution is -0.139. The molecule has 98 valence electrons. The first-order valence-electron chi connectivity index (χ1n) is 5.60. The van der Waals surface area contributed by atoms with Crippen molar-refractivity contribution in [2.24, 2.45) is 0 Å². The summed E-state index contributed by atoms with van der Waals surface area (Å²) >= 11 is 3.15. The normalized spacial score (nSPS) is 13.5. The Balaban J connectivity index is 2.49. The molecule has 0 spiro atoms. The summed E-state index contributed by atoms with van der Waals surface area (Å²) in [5.41, 5.74) is 0.944. The zero-order valence-electron chi connectivity index (χ0n) is 10.4. The molecule has 0 aromatic heterocycles. The second-order valence-corrected chi connectivity index (χ2v) is 4.97. The molecular weight excluding hydrogens is 298 g/mol. The fourth-order valence-corrected chi connectivity index (χ4v) is 1.80. The van der Waals surface area contributed by atoms with Crippen LogP contribution in [0.1, 0.15) is 18.4 Å². The molecule has 0 aliphatic carbocycles. The molecule has 18 heavy (non-hydrogen) atoms. The molecule has 0 aliphatic rings. The number of alkyl halides is 1. The first kappa shape index (κ1) is 14.7. The highest BCUT2D eigenvalue weighted by Crippen LogP contribution is 2.14. The van der Waals surface area contributed by atoms with Gasteiger partial charge in [0, 0.05) is 6.54 Å². The molecule has 1 aromatic rings. The number of amides is 1. The predicted octanol–water partition coefficient (Wildman–Crippen LogP) is 1.84. The standard InChI is InChI=1S/C13H16BrNO3/c1-9(10-6-4-3-5-7-10)12(16)15-8-11(14)13(17)18-2/h3-7,9,11H,8H2,1-2H3,(H,15,16). The van der Waals surface area contributed by atoms with Gasteiger partial charge in [0.2, 0.25) is 5.91 Å². The smallest absolute Gasteiger partial charge is 0.321 e. The van der Waals surface area contributed by atoms with E-state index in [4.69, 9.17) is 0 Å². The van der Waals surface area contributed by atoms with Gasteiger partial charge in [0.05, 0.1) is 13.0 Å². The summed E-state index contributed by atoms with van der Waals surface area (Å²) < 4.78 is 4.55. The minimum absolute atomic E-state index is 0.116. The predicted molar refractivity (Wildman–Crippen MR) is 72.6 cm³/mol. The minimum atomic E-state index is -0.519. The zero-order valence-corrected chi connectivity index (χ0v) is 11.9. The van der Waals surface area contributed by atoms with Crippen LogP contribution in [0.5, 0.6) is 0 Å². The van der Waals surface area contributed by atoms with Crippen molar-refractivity contribution in [3.63, 3.8) is 0 Å². The van der Waals surface area contributed by atoms with Crippen LogP contribution < -0.4 is 5.32 Å². The maximum atomic E-state index is 11.9. The SMILES string of the molecule is COC(=O)C(Br)CNC(=O)C(C)c1ccccc1. The Morgan fingerprint density at radius 3 is 2.50 bits per heavy atom. The highest BCUT2D eigenvalue weighted by atomic mass is 79.9. The maximum absolute atomic E-state index is 11.9. The summed E-state index contributed by atoms with van der Waals surface area (Å²) in [5, 5.41) is 2.71. The van der Waals surface area contributed by atoms with E-state index in [0.717, 1.165) is 5.56 Å². The van der Waals surface area contributed by atoms with Crippen LogP contribution in [0.15, 0.2) is 30.3 Å². The molecule has 0 aliphatic heterocycles. The third-order valence-corrected chi connectivity index (χ3v) is 3.30. The molecule has 0 saturated carbocycles. The van der Waals surface area contributed by atoms with Crippen LogP contribution in [0.25, 0.3) is 0 Å². The Labute approximate surface area is 115 Å². The lowest BCUT2D eigenvalue weighted by atomic mass is 10.0. The number of ether oxygens (including phenoxy) is 1. The van der Waals surface area contributed by atoms with Gasteiger partial charge in [0.25, 0.3) is 0 Å². The van der Waals surface area contributed by atoms with Gasteiger partial charge in [-0.15, -0.1) is 0 Å². The van der Waals surface area contributed by atoms with Gasteiger partial charge < -0.3 is 10.1 Å². The second kappa shape index (κ2) is 7.16. The summed E-state index contributed by atoms with van der Waals surface area (Å²) in [5.74, 6) is -0.763. The Morgan fingerprint density at radius 1 is 1.33 bits per heavy atom. The Bertz CT molecular complexity index is 408. The number of carbonyl (C=O) groups is 2. The van der Waals surface area contributed by atoms with Crippen molar-refractivity contribution in [3.05, 3.63) is 35.9 Å². The molecule has 0 saturated heterocycles. The summed E-state index contributed by atoms with van der Waals surface area (Å²) in [4.78, 5) is 22.5. The van der Waals surface area contributed by atoms with E-state index in [1.165, 1.54) is 7.11 Å². The van der Waals surface area contributed by atoms with E-state index in [1.54, 1.807) is 0 Å². The van der Waals surface area contributed by atoms with E-state index >= 15 is 0 Å². The summed E-state index contributed by atoms with van der Waals surface area (Å²) in [6.07, 6.45) is 0. The van der Waals surface area contributed by atoms with E-state index in [2.05, 4.69) is 26.0 Å². The van der Waals surface area contributed by atoms with E-state index in [9.17, 15) is 9.59 Å². The first-order chi connectivity index (χ1) is 8.56. The minimum Gasteiger partial charge on any atom is -0.468 e. The van der Waals surface area contributed by atoms with Crippen LogP contribution in [-0.2, 0) is 14.3 Å². The Morgan fingerprint density at radius 2 is 1.94 bits per heavy atom. The summed E-state index contributed by atoms with van der Waals surface area (Å²) in [6.45, 7) is 2.04. The highest BCUT2D eigenvalue weighted by molar-refractivity contribution is 9.10. The van der Waals surface area contributed by atoms with Gasteiger partial charge in [-0.25, -0.2) is 0 Å². The zero-order chi connectivity index (χ0) is 13.5. The lowest BCUT2D eigenvalue weighted by Crippen LogP contribution is -2.36. The van der Waals surface area contributed by atoms with E-state index < -0.39 is 10.8 Å². The van der Waals surface area contributed by atoms with Crippen molar-refractivity contribution in [3.8, 4) is 0 Å². The van der Waals surface area contributed by atoms with Gasteiger partial charge >= 0.3 is 5.97 Å². The molecule has 1 aromatic carbocycles. The van der Waals surface area contributed by atoms with Crippen molar-refractivity contribution < 1.29 is 14.3 Å². The van der Waals surface area contributed by atoms with Crippen molar-refractivity contribution in [1.29, 1.82) is 0 Å². The number of halogens is 1. The largest absolute Gasteiger partial charge is 0.468 e. The lowest BCUT2D eigenvalue weighted by Gasteiger charge is -2.14. The van der Waals surface area contributed by atoms with Crippen LogP contribution in [0.3, 0.4) is 0 Å². The van der Waals surface area contributed by atoms with E-state index in [0.29, 0.717) is 0 Å². The summed E-state index contributed by atoms with van der Waals surface area (Å²) in [7, 11) is 1.31. The van der Waals surface area contributed by atoms with Crippen molar-refractivity contribution in [2.75, 3.05) is 13.7 Å². The number of benzene rings is 1. The number of carbonyl (C=O) groups excluding carboxylic acids is 2. The number of nitrogens with one attached hydrogen (secondary N) is 1. The number of methoxy groups -OCH3 is 1. The summed E-state index contributed by atoms with van der Waals surface area (Å²) in [6, 6.07) is 9.48. The third-order valence-electron chi connectivity index (χ3n) is 2.61. The maximum Gasteiger partial charge on any atom is 0.321 e. The van der Waals surface area contributed by atoms with Gasteiger partial charge in [-0.05, 0) is 12.5 Å². The molecule has 0 fully saturated rings. The fraction of sp³-hybridized carbons (Fsp3) is 0.385. The molecule has 2 unspecified atom stereocenters. The molecule has 1 rings (SSSR count). The van der Waals surface area contributed by atoms with Gasteiger partial charge in [-0.1, -0.05) is 46.3 Å².